The predicted molar refractivity (Wildman–Crippen MR) is 243 cm³/mol. The Hall–Kier alpha value is -5.70. The van der Waals surface area contributed by atoms with Crippen molar-refractivity contribution in [2.45, 2.75) is 76.0 Å². The summed E-state index contributed by atoms with van der Waals surface area (Å²) >= 11 is 12.9. The van der Waals surface area contributed by atoms with Gasteiger partial charge in [-0.1, -0.05) is 62.2 Å². The van der Waals surface area contributed by atoms with Crippen molar-refractivity contribution in [3.63, 3.8) is 0 Å². The molecule has 5 heterocycles. The van der Waals surface area contributed by atoms with Crippen molar-refractivity contribution in [1.29, 1.82) is 0 Å². The Kier molecular flexibility index (Phi) is 11.4. The molecule has 0 bridgehead atoms. The Morgan fingerprint density at radius 3 is 2.48 bits per heavy atom. The molecule has 1 unspecified atom stereocenters. The third-order valence-corrected chi connectivity index (χ3v) is 14.0. The van der Waals surface area contributed by atoms with Crippen LogP contribution in [0.25, 0.3) is 0 Å². The molecule has 5 aliphatic rings. The van der Waals surface area contributed by atoms with Crippen molar-refractivity contribution in [2.75, 3.05) is 55.4 Å². The Morgan fingerprint density at radius 2 is 1.75 bits per heavy atom. The maximum absolute atomic E-state index is 16.3. The zero-order valence-electron chi connectivity index (χ0n) is 36.0. The molecule has 3 saturated heterocycles. The summed E-state index contributed by atoms with van der Waals surface area (Å²) < 4.78 is 22.1. The van der Waals surface area contributed by atoms with Crippen LogP contribution in [0.2, 0.25) is 10.0 Å². The van der Waals surface area contributed by atoms with Crippen LogP contribution >= 0.6 is 23.2 Å². The fourth-order valence-corrected chi connectivity index (χ4v) is 10.9. The molecule has 3 fully saturated rings. The molecule has 64 heavy (non-hydrogen) atoms. The second-order valence-corrected chi connectivity index (χ2v) is 19.4. The van der Waals surface area contributed by atoms with Gasteiger partial charge in [0.25, 0.3) is 11.8 Å². The summed E-state index contributed by atoms with van der Waals surface area (Å²) in [6.07, 6.45) is 1.16. The third-order valence-electron chi connectivity index (χ3n) is 13.5. The molecule has 4 N–H and O–H groups in total. The second-order valence-electron chi connectivity index (χ2n) is 18.6. The summed E-state index contributed by atoms with van der Waals surface area (Å²) in [4.78, 5) is 71.6. The summed E-state index contributed by atoms with van der Waals surface area (Å²) in [7, 11) is 1.48. The van der Waals surface area contributed by atoms with Crippen LogP contribution in [0.4, 0.5) is 21.5 Å². The number of halogens is 3. The van der Waals surface area contributed by atoms with E-state index < -0.39 is 41.0 Å². The minimum absolute atomic E-state index is 0.0299. The zero-order chi connectivity index (χ0) is 45.2. The number of anilines is 3. The first-order valence-corrected chi connectivity index (χ1v) is 22.4. The topological polar surface area (TPSA) is 152 Å². The van der Waals surface area contributed by atoms with Gasteiger partial charge in [0.05, 0.1) is 23.9 Å². The lowest BCUT2D eigenvalue weighted by atomic mass is 9.63. The van der Waals surface area contributed by atoms with Crippen molar-refractivity contribution >= 4 is 69.8 Å². The SMILES string of the molecule is COc1cc(C(=O)N2CCN(c3ccc4c(c3)CN(C3CCC(=O)NC3=O)C4=O)CC2)ccc1NC(=O)[C@@H]1N[C@@H](CC(C)(C)C)[C@@]2(CNc3cc(Cl)ccc32)[C@H]1c1cccc(Cl)c1F. The highest BCUT2D eigenvalue weighted by molar-refractivity contribution is 6.31. The number of nitrogens with zero attached hydrogens (tertiary/aromatic N) is 3. The number of piperidine rings is 1. The molecule has 1 spiro atoms. The quantitative estimate of drug-likeness (QED) is 0.141. The molecule has 4 aromatic carbocycles. The van der Waals surface area contributed by atoms with Gasteiger partial charge in [0, 0.05) is 90.6 Å². The number of nitrogens with one attached hydrogen (secondary N) is 4. The molecule has 9 rings (SSSR count). The first-order chi connectivity index (χ1) is 30.6. The number of benzene rings is 4. The Balaban J connectivity index is 0.914. The van der Waals surface area contributed by atoms with Crippen LogP contribution < -0.4 is 30.9 Å². The number of imide groups is 1. The second kappa shape index (κ2) is 16.7. The molecule has 16 heteroatoms. The van der Waals surface area contributed by atoms with E-state index in [9.17, 15) is 24.0 Å². The number of rotatable bonds is 8. The predicted octanol–water partition coefficient (Wildman–Crippen LogP) is 6.73. The van der Waals surface area contributed by atoms with Gasteiger partial charge in [-0.15, -0.1) is 0 Å². The van der Waals surface area contributed by atoms with E-state index in [2.05, 4.69) is 46.9 Å². The number of carbonyl (C=O) groups excluding carboxylic acids is 5. The van der Waals surface area contributed by atoms with Gasteiger partial charge < -0.3 is 35.4 Å². The van der Waals surface area contributed by atoms with E-state index >= 15 is 4.39 Å². The summed E-state index contributed by atoms with van der Waals surface area (Å²) in [5, 5.41) is 13.1. The lowest BCUT2D eigenvalue weighted by molar-refractivity contribution is -0.137. The number of hydrogen-bond acceptors (Lipinski definition) is 9. The third kappa shape index (κ3) is 7.72. The van der Waals surface area contributed by atoms with Crippen LogP contribution in [-0.2, 0) is 26.3 Å². The van der Waals surface area contributed by atoms with Gasteiger partial charge in [0.15, 0.2) is 0 Å². The summed E-state index contributed by atoms with van der Waals surface area (Å²) in [5.74, 6) is -2.55. The number of ether oxygens (including phenoxy) is 1. The largest absolute Gasteiger partial charge is 0.495 e. The summed E-state index contributed by atoms with van der Waals surface area (Å²) in [5.41, 5.74) is 4.22. The highest BCUT2D eigenvalue weighted by Gasteiger charge is 2.61. The van der Waals surface area contributed by atoms with E-state index in [-0.39, 0.29) is 47.2 Å². The van der Waals surface area contributed by atoms with Crippen LogP contribution in [0.1, 0.15) is 83.4 Å². The molecule has 0 radical (unpaired) electrons. The molecular weight excluding hydrogens is 860 g/mol. The van der Waals surface area contributed by atoms with E-state index in [0.717, 1.165) is 22.5 Å². The highest BCUT2D eigenvalue weighted by atomic mass is 35.5. The molecule has 4 aromatic rings. The molecular formula is C48H50Cl2FN7O6. The van der Waals surface area contributed by atoms with E-state index in [1.54, 1.807) is 41.3 Å². The minimum Gasteiger partial charge on any atom is -0.495 e. The highest BCUT2D eigenvalue weighted by Crippen LogP contribution is 2.56. The first-order valence-electron chi connectivity index (χ1n) is 21.6. The number of methoxy groups -OCH3 is 1. The van der Waals surface area contributed by atoms with Crippen LogP contribution in [0.5, 0.6) is 5.75 Å². The van der Waals surface area contributed by atoms with Gasteiger partial charge in [-0.3, -0.25) is 29.3 Å². The summed E-state index contributed by atoms with van der Waals surface area (Å²) in [6, 6.07) is 19.3. The lowest BCUT2D eigenvalue weighted by Crippen LogP contribution is -2.52. The molecule has 5 aliphatic heterocycles. The van der Waals surface area contributed by atoms with E-state index in [1.807, 2.05) is 30.3 Å². The number of amides is 5. The molecule has 5 amide bonds. The molecule has 13 nitrogen and oxygen atoms in total. The lowest BCUT2D eigenvalue weighted by Gasteiger charge is -2.39. The first kappa shape index (κ1) is 43.5. The van der Waals surface area contributed by atoms with E-state index in [1.165, 1.54) is 18.1 Å². The maximum Gasteiger partial charge on any atom is 0.255 e. The minimum atomic E-state index is -0.901. The van der Waals surface area contributed by atoms with Crippen molar-refractivity contribution in [3.8, 4) is 5.75 Å². The van der Waals surface area contributed by atoms with Crippen molar-refractivity contribution in [2.24, 2.45) is 5.41 Å². The number of piperazine rings is 1. The smallest absolute Gasteiger partial charge is 0.255 e. The van der Waals surface area contributed by atoms with Crippen LogP contribution in [-0.4, -0.2) is 97.3 Å². The van der Waals surface area contributed by atoms with Crippen molar-refractivity contribution < 1.29 is 33.1 Å². The van der Waals surface area contributed by atoms with Crippen LogP contribution in [0.3, 0.4) is 0 Å². The van der Waals surface area contributed by atoms with Crippen LogP contribution in [0.15, 0.2) is 72.8 Å². The van der Waals surface area contributed by atoms with Gasteiger partial charge in [0.1, 0.15) is 17.6 Å². The molecule has 0 aliphatic carbocycles. The summed E-state index contributed by atoms with van der Waals surface area (Å²) in [6.45, 7) is 9.12. The number of hydrogen-bond donors (Lipinski definition) is 4. The Labute approximate surface area is 381 Å². The van der Waals surface area contributed by atoms with E-state index in [0.29, 0.717) is 78.7 Å². The fraction of sp³-hybridized carbons (Fsp3) is 0.396. The average Bonchev–Trinajstić information content (AvgIpc) is 3.91. The van der Waals surface area contributed by atoms with Gasteiger partial charge in [-0.25, -0.2) is 4.39 Å². The zero-order valence-corrected chi connectivity index (χ0v) is 37.5. The molecule has 0 aromatic heterocycles. The molecule has 5 atom stereocenters. The monoisotopic (exact) mass is 909 g/mol. The van der Waals surface area contributed by atoms with Gasteiger partial charge in [-0.05, 0) is 89.5 Å². The standard InChI is InChI=1S/C48H50Cl2FN7O6/c1-47(2,3)23-38-48(25-52-35-22-28(49)9-12-32(35)48)40(31-6-5-7-33(50)41(31)51)42(54-38)44(61)53-34-13-8-26(21-37(34)64-4)45(62)57-18-16-56(17-19-57)29-10-11-30-27(20-29)24-58(46(30)63)36-14-15-39(59)55-43(36)60/h5-13,20-22,36,38,40,42,52,54H,14-19,23-25H2,1-4H3,(H,53,61)(H,55,59,60)/t36?,38-,40-,42+,48-/m0/s1. The van der Waals surface area contributed by atoms with Gasteiger partial charge in [-0.2, -0.15) is 0 Å². The van der Waals surface area contributed by atoms with Crippen LogP contribution in [0, 0.1) is 11.2 Å². The molecule has 0 saturated carbocycles. The maximum atomic E-state index is 16.3. The average molecular weight is 911 g/mol. The van der Waals surface area contributed by atoms with Gasteiger partial charge >= 0.3 is 0 Å². The Bertz CT molecular complexity index is 2600. The fourth-order valence-electron chi connectivity index (χ4n) is 10.5. The normalized spacial score (nSPS) is 24.1. The number of carbonyl (C=O) groups is 5. The van der Waals surface area contributed by atoms with Gasteiger partial charge in [0.2, 0.25) is 17.7 Å². The van der Waals surface area contributed by atoms with Crippen molar-refractivity contribution in [3.05, 3.63) is 116 Å². The van der Waals surface area contributed by atoms with E-state index in [4.69, 9.17) is 27.9 Å². The molecule has 334 valence electrons. The van der Waals surface area contributed by atoms with Crippen molar-refractivity contribution in [1.82, 2.24) is 20.4 Å². The number of fused-ring (bicyclic) bond motifs is 3. The Morgan fingerprint density at radius 1 is 0.969 bits per heavy atom.